The summed E-state index contributed by atoms with van der Waals surface area (Å²) in [5.74, 6) is -1.23. The molecule has 2 atom stereocenters. The SMILES string of the molecule is C#C.CC(C)(C)NCc1ccc2c(c1)CCCC2.NC(=O)[C@H](O)[C@H](O)CSc1cccc(C(F)(F)F)c1.O=C=O. The molecule has 5 N–H and O–H groups in total. The number of rotatable bonds is 7. The summed E-state index contributed by atoms with van der Waals surface area (Å²) in [5, 5.41) is 22.1. The molecule has 0 bridgehead atoms. The second-order valence-corrected chi connectivity index (χ2v) is 10.8. The predicted octanol–water partition coefficient (Wildman–Crippen LogP) is 4.12. The third kappa shape index (κ3) is 14.9. The summed E-state index contributed by atoms with van der Waals surface area (Å²) in [6, 6.07) is 11.5. The van der Waals surface area contributed by atoms with Crippen LogP contribution >= 0.6 is 11.8 Å². The van der Waals surface area contributed by atoms with Crippen molar-refractivity contribution in [2.75, 3.05) is 5.75 Å². The Morgan fingerprint density at radius 1 is 1.05 bits per heavy atom. The molecule has 2 aromatic carbocycles. The van der Waals surface area contributed by atoms with E-state index in [4.69, 9.17) is 20.4 Å². The van der Waals surface area contributed by atoms with Gasteiger partial charge in [0.1, 0.15) is 0 Å². The lowest BCUT2D eigenvalue weighted by molar-refractivity contribution is -0.191. The molecular weight excluding hydrogens is 545 g/mol. The van der Waals surface area contributed by atoms with Gasteiger partial charge in [-0.1, -0.05) is 24.3 Å². The third-order valence-electron chi connectivity index (χ3n) is 5.47. The number of alkyl halides is 3. The number of primary amides is 1. The minimum atomic E-state index is -4.44. The van der Waals surface area contributed by atoms with Gasteiger partial charge in [-0.2, -0.15) is 22.8 Å². The highest BCUT2D eigenvalue weighted by atomic mass is 32.2. The largest absolute Gasteiger partial charge is 0.416 e. The number of aliphatic hydroxyl groups excluding tert-OH is 2. The molecule has 2 aromatic rings. The number of amides is 1. The van der Waals surface area contributed by atoms with Crippen LogP contribution in [0.5, 0.6) is 0 Å². The Bertz CT molecular complexity index is 1110. The molecular formula is C29H37F3N2O5S. The number of carbonyl (C=O) groups is 1. The van der Waals surface area contributed by atoms with E-state index in [0.29, 0.717) is 0 Å². The summed E-state index contributed by atoms with van der Waals surface area (Å²) >= 11 is 0.887. The van der Waals surface area contributed by atoms with E-state index in [9.17, 15) is 23.1 Å². The van der Waals surface area contributed by atoms with Gasteiger partial charge in [0.25, 0.3) is 0 Å². The van der Waals surface area contributed by atoms with E-state index >= 15 is 0 Å². The first-order valence-electron chi connectivity index (χ1n) is 12.3. The fraction of sp³-hybridized carbons (Fsp3) is 0.448. The van der Waals surface area contributed by atoms with E-state index in [1.807, 2.05) is 0 Å². The molecule has 0 fully saturated rings. The lowest BCUT2D eigenvalue weighted by Crippen LogP contribution is -2.40. The maximum Gasteiger partial charge on any atom is 0.416 e. The van der Waals surface area contributed by atoms with Crippen molar-refractivity contribution in [3.63, 3.8) is 0 Å². The number of terminal acetylenes is 1. The zero-order chi connectivity index (χ0) is 30.9. The fourth-order valence-corrected chi connectivity index (χ4v) is 4.42. The number of carbonyl (C=O) groups excluding carboxylic acids is 3. The monoisotopic (exact) mass is 582 g/mol. The Kier molecular flexibility index (Phi) is 16.8. The van der Waals surface area contributed by atoms with Gasteiger partial charge in [-0.25, -0.2) is 0 Å². The number of hydrogen-bond acceptors (Lipinski definition) is 7. The number of nitrogens with two attached hydrogens (primary N) is 1. The fourth-order valence-electron chi connectivity index (χ4n) is 3.49. The topological polar surface area (TPSA) is 130 Å². The van der Waals surface area contributed by atoms with E-state index in [-0.39, 0.29) is 22.3 Å². The molecule has 7 nitrogen and oxygen atoms in total. The Balaban J connectivity index is 0.000000660. The maximum atomic E-state index is 12.4. The highest BCUT2D eigenvalue weighted by Gasteiger charge is 2.30. The molecule has 1 amide bonds. The van der Waals surface area contributed by atoms with Crippen molar-refractivity contribution in [2.24, 2.45) is 5.73 Å². The van der Waals surface area contributed by atoms with Gasteiger partial charge in [-0.05, 0) is 81.3 Å². The van der Waals surface area contributed by atoms with Crippen molar-refractivity contribution >= 4 is 23.8 Å². The number of aliphatic hydroxyl groups is 2. The highest BCUT2D eigenvalue weighted by molar-refractivity contribution is 7.99. The first-order valence-corrected chi connectivity index (χ1v) is 13.3. The molecule has 220 valence electrons. The summed E-state index contributed by atoms with van der Waals surface area (Å²) in [5.41, 5.74) is 8.77. The number of hydrogen-bond donors (Lipinski definition) is 4. The lowest BCUT2D eigenvalue weighted by Gasteiger charge is -2.22. The van der Waals surface area contributed by atoms with E-state index in [1.54, 1.807) is 11.1 Å². The molecule has 1 aliphatic carbocycles. The van der Waals surface area contributed by atoms with Gasteiger partial charge in [-0.15, -0.1) is 24.6 Å². The molecule has 0 saturated heterocycles. The molecule has 3 rings (SSSR count). The van der Waals surface area contributed by atoms with Crippen molar-refractivity contribution in [1.82, 2.24) is 5.32 Å². The van der Waals surface area contributed by atoms with E-state index in [0.717, 1.165) is 30.4 Å². The number of nitrogens with one attached hydrogen (secondary N) is 1. The van der Waals surface area contributed by atoms with Gasteiger partial charge in [0.05, 0.1) is 11.7 Å². The molecule has 0 radical (unpaired) electrons. The number of thioether (sulfide) groups is 1. The summed E-state index contributed by atoms with van der Waals surface area (Å²) in [4.78, 5) is 27.1. The maximum absolute atomic E-state index is 12.4. The normalized spacial score (nSPS) is 13.8. The van der Waals surface area contributed by atoms with Gasteiger partial charge >= 0.3 is 12.3 Å². The van der Waals surface area contributed by atoms with E-state index in [2.05, 4.69) is 57.1 Å². The molecule has 11 heteroatoms. The number of aryl methyl sites for hydroxylation is 2. The van der Waals surface area contributed by atoms with E-state index < -0.39 is 29.9 Å². The highest BCUT2D eigenvalue weighted by Crippen LogP contribution is 2.32. The molecule has 0 saturated carbocycles. The van der Waals surface area contributed by atoms with Crippen molar-refractivity contribution in [3.8, 4) is 12.8 Å². The van der Waals surface area contributed by atoms with Crippen LogP contribution in [-0.2, 0) is 39.9 Å². The van der Waals surface area contributed by atoms with Crippen molar-refractivity contribution in [3.05, 3.63) is 64.7 Å². The average molecular weight is 583 g/mol. The van der Waals surface area contributed by atoms with Gasteiger partial charge in [0.15, 0.2) is 6.10 Å². The second kappa shape index (κ2) is 18.3. The van der Waals surface area contributed by atoms with Gasteiger partial charge in [0, 0.05) is 22.7 Å². The molecule has 0 unspecified atom stereocenters. The van der Waals surface area contributed by atoms with Crippen LogP contribution in [0.15, 0.2) is 47.4 Å². The second-order valence-electron chi connectivity index (χ2n) is 9.75. The third-order valence-corrected chi connectivity index (χ3v) is 6.57. The summed E-state index contributed by atoms with van der Waals surface area (Å²) in [6.07, 6.45) is 5.92. The zero-order valence-electron chi connectivity index (χ0n) is 22.8. The first-order chi connectivity index (χ1) is 18.7. The standard InChI is InChI=1S/C15H23N.C11H12F3NO3S.C2H2.CO2/c1-15(2,3)16-11-12-8-9-13-6-4-5-7-14(13)10-12;12-11(13,14)6-2-1-3-7(4-6)19-5-8(16)9(17)10(15)18;1-2;2-1-3/h8-10,16H,4-7,11H2,1-3H3;1-4,8-9,16-17H,5H2,(H2,15,18);1-2H;/t;8-,9-;;/m.1../s1. The summed E-state index contributed by atoms with van der Waals surface area (Å²) in [6.45, 7) is 7.62. The van der Waals surface area contributed by atoms with Crippen LogP contribution in [-0.4, -0.2) is 45.8 Å². The van der Waals surface area contributed by atoms with Crippen LogP contribution in [0.4, 0.5) is 13.2 Å². The molecule has 40 heavy (non-hydrogen) atoms. The Labute approximate surface area is 237 Å². The Morgan fingerprint density at radius 3 is 2.15 bits per heavy atom. The van der Waals surface area contributed by atoms with Gasteiger partial charge in [0.2, 0.25) is 5.91 Å². The number of fused-ring (bicyclic) bond motifs is 1. The van der Waals surface area contributed by atoms with Crippen LogP contribution in [0.1, 0.15) is 55.9 Å². The summed E-state index contributed by atoms with van der Waals surface area (Å²) in [7, 11) is 0. The molecule has 0 aromatic heterocycles. The molecule has 0 heterocycles. The van der Waals surface area contributed by atoms with Crippen LogP contribution in [0, 0.1) is 12.8 Å². The quantitative estimate of drug-likeness (QED) is 0.285. The minimum absolute atomic E-state index is 0.147. The number of halogens is 3. The average Bonchev–Trinajstić information content (AvgIpc) is 2.91. The molecule has 1 aliphatic rings. The van der Waals surface area contributed by atoms with Crippen molar-refractivity contribution < 1.29 is 37.8 Å². The first kappa shape index (κ1) is 36.9. The van der Waals surface area contributed by atoms with Crippen LogP contribution in [0.2, 0.25) is 0 Å². The minimum Gasteiger partial charge on any atom is -0.389 e. The Hall–Kier alpha value is -3.13. The van der Waals surface area contributed by atoms with Crippen LogP contribution < -0.4 is 11.1 Å². The predicted molar refractivity (Wildman–Crippen MR) is 148 cm³/mol. The number of benzene rings is 2. The van der Waals surface area contributed by atoms with Gasteiger partial charge < -0.3 is 21.3 Å². The van der Waals surface area contributed by atoms with Crippen LogP contribution in [0.3, 0.4) is 0 Å². The van der Waals surface area contributed by atoms with Crippen molar-refractivity contribution in [2.45, 2.75) is 81.8 Å². The Morgan fingerprint density at radius 2 is 1.62 bits per heavy atom. The molecule has 0 aliphatic heterocycles. The smallest absolute Gasteiger partial charge is 0.389 e. The lowest BCUT2D eigenvalue weighted by atomic mass is 9.90. The van der Waals surface area contributed by atoms with E-state index in [1.165, 1.54) is 43.4 Å². The zero-order valence-corrected chi connectivity index (χ0v) is 23.6. The summed E-state index contributed by atoms with van der Waals surface area (Å²) < 4.78 is 37.3. The van der Waals surface area contributed by atoms with Crippen LogP contribution in [0.25, 0.3) is 0 Å². The van der Waals surface area contributed by atoms with Crippen molar-refractivity contribution in [1.29, 1.82) is 0 Å². The van der Waals surface area contributed by atoms with Gasteiger partial charge in [-0.3, -0.25) is 4.79 Å². The molecule has 0 spiro atoms.